The van der Waals surface area contributed by atoms with Crippen LogP contribution in [0.4, 0.5) is 0 Å². The van der Waals surface area contributed by atoms with Gasteiger partial charge in [0.25, 0.3) is 0 Å². The number of hydrogen-bond donors (Lipinski definition) is 6. The van der Waals surface area contributed by atoms with E-state index < -0.39 is 0 Å². The van der Waals surface area contributed by atoms with E-state index in [-0.39, 0.29) is 0 Å². The van der Waals surface area contributed by atoms with Gasteiger partial charge in [-0.1, -0.05) is 24.3 Å². The van der Waals surface area contributed by atoms with E-state index in [9.17, 15) is 0 Å². The van der Waals surface area contributed by atoms with E-state index in [1.807, 2.05) is 0 Å². The summed E-state index contributed by atoms with van der Waals surface area (Å²) in [4.78, 5) is 5.14. The summed E-state index contributed by atoms with van der Waals surface area (Å²) in [5.74, 6) is 0. The van der Waals surface area contributed by atoms with Gasteiger partial charge in [0.05, 0.1) is 0 Å². The van der Waals surface area contributed by atoms with Gasteiger partial charge in [0, 0.05) is 105 Å². The second-order valence-corrected chi connectivity index (χ2v) is 9.22. The van der Waals surface area contributed by atoms with Gasteiger partial charge in [-0.3, -0.25) is 9.80 Å². The minimum Gasteiger partial charge on any atom is -0.315 e. The quantitative estimate of drug-likeness (QED) is 0.350. The molecule has 1 aromatic carbocycles. The molecule has 2 heterocycles. The molecule has 2 fully saturated rings. The third-order valence-corrected chi connectivity index (χ3v) is 6.40. The fraction of sp³-hybridized carbons (Fsp3) is 0.760. The number of hydrogen-bond acceptors (Lipinski definition) is 8. The third-order valence-electron chi connectivity index (χ3n) is 6.40. The average Bonchev–Trinajstić information content (AvgIpc) is 2.84. The van der Waals surface area contributed by atoms with Gasteiger partial charge in [-0.15, -0.1) is 0 Å². The normalized spacial score (nSPS) is 22.8. The lowest BCUT2D eigenvalue weighted by atomic mass is 10.1. The zero-order valence-electron chi connectivity index (χ0n) is 20.6. The van der Waals surface area contributed by atoms with Crippen LogP contribution in [-0.4, -0.2) is 115 Å². The van der Waals surface area contributed by atoms with Crippen molar-refractivity contribution in [2.45, 2.75) is 19.5 Å². The first-order valence-electron chi connectivity index (χ1n) is 13.2. The number of nitrogens with zero attached hydrogens (tertiary/aromatic N) is 2. The Morgan fingerprint density at radius 3 is 1.12 bits per heavy atom. The highest BCUT2D eigenvalue weighted by molar-refractivity contribution is 5.22. The molecular weight excluding hydrogens is 412 g/mol. The Labute approximate surface area is 201 Å². The van der Waals surface area contributed by atoms with Crippen molar-refractivity contribution in [3.05, 3.63) is 35.4 Å². The van der Waals surface area contributed by atoms with Crippen LogP contribution in [-0.2, 0) is 13.1 Å². The van der Waals surface area contributed by atoms with Crippen molar-refractivity contribution in [1.29, 1.82) is 0 Å². The van der Waals surface area contributed by atoms with E-state index in [2.05, 4.69) is 66.0 Å². The van der Waals surface area contributed by atoms with Gasteiger partial charge in [0.2, 0.25) is 0 Å². The van der Waals surface area contributed by atoms with Crippen molar-refractivity contribution in [1.82, 2.24) is 41.7 Å². The van der Waals surface area contributed by atoms with Gasteiger partial charge in [0.15, 0.2) is 0 Å². The van der Waals surface area contributed by atoms with Crippen LogP contribution < -0.4 is 31.9 Å². The van der Waals surface area contributed by atoms with Crippen LogP contribution in [0, 0.1) is 0 Å². The molecule has 0 saturated carbocycles. The lowest BCUT2D eigenvalue weighted by Gasteiger charge is -2.25. The molecule has 0 bridgehead atoms. The number of nitrogens with one attached hydrogen (secondary N) is 6. The van der Waals surface area contributed by atoms with E-state index >= 15 is 0 Å². The topological polar surface area (TPSA) is 78.7 Å². The largest absolute Gasteiger partial charge is 0.315 e. The Hall–Kier alpha value is -1.10. The van der Waals surface area contributed by atoms with E-state index in [1.165, 1.54) is 17.5 Å². The predicted octanol–water partition coefficient (Wildman–Crippen LogP) is -0.754. The summed E-state index contributed by atoms with van der Waals surface area (Å²) in [6.45, 7) is 19.1. The van der Waals surface area contributed by atoms with Crippen LogP contribution in [0.5, 0.6) is 0 Å². The standard InChI is InChI=1S/C25H48N8/c1-6-26-8-11-29-15-19-32(18-14-27-7-1)22-24-2-4-25(5-3-24)23-33-20-16-30-12-9-28-10-13-31-17-21-33/h2-5,26-31H,1,6-23H2. The highest BCUT2D eigenvalue weighted by atomic mass is 15.2. The Morgan fingerprint density at radius 1 is 0.424 bits per heavy atom. The van der Waals surface area contributed by atoms with Crippen LogP contribution in [0.1, 0.15) is 17.5 Å². The number of rotatable bonds is 4. The Morgan fingerprint density at radius 2 is 0.727 bits per heavy atom. The van der Waals surface area contributed by atoms with E-state index in [1.54, 1.807) is 0 Å². The second kappa shape index (κ2) is 17.4. The summed E-state index contributed by atoms with van der Waals surface area (Å²) < 4.78 is 0. The molecule has 8 nitrogen and oxygen atoms in total. The zero-order chi connectivity index (χ0) is 22.8. The molecule has 0 radical (unpaired) electrons. The summed E-state index contributed by atoms with van der Waals surface area (Å²) >= 11 is 0. The SMILES string of the molecule is c1cc(CN2CCNCCNCCNCC2)ccc1CN1CCNCCCNCCNCC1. The molecule has 3 rings (SSSR count). The molecule has 0 unspecified atom stereocenters. The first-order chi connectivity index (χ1) is 16.4. The molecule has 0 atom stereocenters. The monoisotopic (exact) mass is 460 g/mol. The van der Waals surface area contributed by atoms with E-state index in [0.717, 1.165) is 118 Å². The van der Waals surface area contributed by atoms with Crippen LogP contribution in [0.3, 0.4) is 0 Å². The fourth-order valence-electron chi connectivity index (χ4n) is 4.37. The first kappa shape index (κ1) is 26.5. The molecule has 33 heavy (non-hydrogen) atoms. The molecule has 0 amide bonds. The lowest BCUT2D eigenvalue weighted by Crippen LogP contribution is -2.41. The molecule has 2 aliphatic heterocycles. The summed E-state index contributed by atoms with van der Waals surface area (Å²) in [5, 5.41) is 21.2. The van der Waals surface area contributed by atoms with Gasteiger partial charge >= 0.3 is 0 Å². The molecule has 188 valence electrons. The van der Waals surface area contributed by atoms with Gasteiger partial charge in [0.1, 0.15) is 0 Å². The Kier molecular flexibility index (Phi) is 13.9. The summed E-state index contributed by atoms with van der Waals surface area (Å²) in [6.07, 6.45) is 1.20. The van der Waals surface area contributed by atoms with Crippen LogP contribution in [0.25, 0.3) is 0 Å². The maximum absolute atomic E-state index is 3.60. The highest BCUT2D eigenvalue weighted by Gasteiger charge is 2.09. The van der Waals surface area contributed by atoms with Crippen molar-refractivity contribution < 1.29 is 0 Å². The molecular formula is C25H48N8. The van der Waals surface area contributed by atoms with E-state index in [0.29, 0.717) is 0 Å². The average molecular weight is 461 g/mol. The summed E-state index contributed by atoms with van der Waals surface area (Å²) in [5.41, 5.74) is 2.82. The zero-order valence-corrected chi connectivity index (χ0v) is 20.6. The molecule has 0 spiro atoms. The van der Waals surface area contributed by atoms with Crippen molar-refractivity contribution in [3.8, 4) is 0 Å². The van der Waals surface area contributed by atoms with Gasteiger partial charge in [-0.05, 0) is 30.6 Å². The van der Waals surface area contributed by atoms with Crippen LogP contribution in [0.15, 0.2) is 24.3 Å². The smallest absolute Gasteiger partial charge is 0.0234 e. The molecule has 0 aromatic heterocycles. The minimum absolute atomic E-state index is 1.02. The maximum atomic E-state index is 3.60. The van der Waals surface area contributed by atoms with Crippen molar-refractivity contribution in [2.75, 3.05) is 105 Å². The van der Waals surface area contributed by atoms with Crippen LogP contribution in [0.2, 0.25) is 0 Å². The third kappa shape index (κ3) is 12.2. The Balaban J connectivity index is 1.46. The molecule has 8 heteroatoms. The summed E-state index contributed by atoms with van der Waals surface area (Å²) in [6, 6.07) is 9.33. The van der Waals surface area contributed by atoms with Crippen molar-refractivity contribution in [2.24, 2.45) is 0 Å². The molecule has 2 aliphatic rings. The number of benzene rings is 1. The highest BCUT2D eigenvalue weighted by Crippen LogP contribution is 2.10. The van der Waals surface area contributed by atoms with Gasteiger partial charge in [-0.25, -0.2) is 0 Å². The first-order valence-corrected chi connectivity index (χ1v) is 13.2. The van der Waals surface area contributed by atoms with Crippen molar-refractivity contribution in [3.63, 3.8) is 0 Å². The van der Waals surface area contributed by atoms with Gasteiger partial charge in [-0.2, -0.15) is 0 Å². The minimum atomic E-state index is 1.02. The second-order valence-electron chi connectivity index (χ2n) is 9.22. The predicted molar refractivity (Wildman–Crippen MR) is 139 cm³/mol. The molecule has 2 saturated heterocycles. The van der Waals surface area contributed by atoms with Crippen molar-refractivity contribution >= 4 is 0 Å². The Bertz CT molecular complexity index is 571. The lowest BCUT2D eigenvalue weighted by molar-refractivity contribution is 0.262. The van der Waals surface area contributed by atoms with Gasteiger partial charge < -0.3 is 31.9 Å². The molecule has 6 N–H and O–H groups in total. The fourth-order valence-corrected chi connectivity index (χ4v) is 4.37. The van der Waals surface area contributed by atoms with Crippen LogP contribution >= 0.6 is 0 Å². The molecule has 1 aromatic rings. The van der Waals surface area contributed by atoms with E-state index in [4.69, 9.17) is 0 Å². The molecule has 0 aliphatic carbocycles. The maximum Gasteiger partial charge on any atom is 0.0234 e. The summed E-state index contributed by atoms with van der Waals surface area (Å²) in [7, 11) is 0.